The van der Waals surface area contributed by atoms with Crippen LogP contribution in [0.25, 0.3) is 0 Å². The van der Waals surface area contributed by atoms with Crippen LogP contribution in [0.2, 0.25) is 5.02 Å². The highest BCUT2D eigenvalue weighted by atomic mass is 35.5. The minimum atomic E-state index is -0.995. The van der Waals surface area contributed by atoms with E-state index >= 15 is 0 Å². The molecule has 3 aromatic carbocycles. The number of rotatable bonds is 7. The fourth-order valence-electron chi connectivity index (χ4n) is 4.34. The Morgan fingerprint density at radius 2 is 1.74 bits per heavy atom. The molecule has 1 aliphatic rings. The van der Waals surface area contributed by atoms with Crippen molar-refractivity contribution in [1.82, 2.24) is 10.6 Å². The van der Waals surface area contributed by atoms with Gasteiger partial charge in [-0.3, -0.25) is 9.59 Å². The number of amides is 2. The second-order valence-corrected chi connectivity index (χ2v) is 8.76. The number of nitrogens with one attached hydrogen (secondary N) is 2. The maximum Gasteiger partial charge on any atom is 0.335 e. The SMILES string of the molecule is O=C(CC(NC(=O)c1ccccc1Cl)c1ccccc1)NC1CCCc2ccc(C(=O)O)cc21. The van der Waals surface area contributed by atoms with Crippen LogP contribution in [0, 0.1) is 0 Å². The lowest BCUT2D eigenvalue weighted by molar-refractivity contribution is -0.122. The fraction of sp³-hybridized carbons (Fsp3) is 0.222. The molecule has 2 unspecified atom stereocenters. The van der Waals surface area contributed by atoms with Crippen LogP contribution < -0.4 is 10.6 Å². The minimum absolute atomic E-state index is 0.0324. The van der Waals surface area contributed by atoms with Crippen molar-refractivity contribution >= 4 is 29.4 Å². The number of carbonyl (C=O) groups is 3. The summed E-state index contributed by atoms with van der Waals surface area (Å²) >= 11 is 6.18. The molecule has 0 aromatic heterocycles. The Bertz CT molecular complexity index is 1210. The molecule has 7 heteroatoms. The average Bonchev–Trinajstić information content (AvgIpc) is 2.84. The van der Waals surface area contributed by atoms with Gasteiger partial charge in [-0.15, -0.1) is 0 Å². The zero-order chi connectivity index (χ0) is 24.1. The number of carboxylic acid groups (broad SMARTS) is 1. The molecule has 0 saturated carbocycles. The highest BCUT2D eigenvalue weighted by molar-refractivity contribution is 6.33. The van der Waals surface area contributed by atoms with E-state index in [9.17, 15) is 19.5 Å². The van der Waals surface area contributed by atoms with Crippen LogP contribution in [-0.4, -0.2) is 22.9 Å². The third kappa shape index (κ3) is 5.46. The van der Waals surface area contributed by atoms with Crippen LogP contribution in [-0.2, 0) is 11.2 Å². The van der Waals surface area contributed by atoms with Crippen LogP contribution in [0.4, 0.5) is 0 Å². The normalized spacial score (nSPS) is 15.6. The number of hydrogen-bond donors (Lipinski definition) is 3. The summed E-state index contributed by atoms with van der Waals surface area (Å²) in [6.07, 6.45) is 2.51. The van der Waals surface area contributed by atoms with Crippen molar-refractivity contribution in [2.45, 2.75) is 37.8 Å². The summed E-state index contributed by atoms with van der Waals surface area (Å²) in [5, 5.41) is 15.7. The van der Waals surface area contributed by atoms with Gasteiger partial charge in [-0.05, 0) is 60.2 Å². The lowest BCUT2D eigenvalue weighted by Gasteiger charge is -2.28. The summed E-state index contributed by atoms with van der Waals surface area (Å²) in [5.74, 6) is -1.59. The molecule has 0 radical (unpaired) electrons. The van der Waals surface area contributed by atoms with E-state index in [0.717, 1.165) is 36.0 Å². The molecule has 174 valence electrons. The van der Waals surface area contributed by atoms with Gasteiger partial charge in [-0.25, -0.2) is 4.79 Å². The first-order chi connectivity index (χ1) is 16.4. The van der Waals surface area contributed by atoms with E-state index in [1.807, 2.05) is 36.4 Å². The maximum atomic E-state index is 13.1. The van der Waals surface area contributed by atoms with Gasteiger partial charge in [0.2, 0.25) is 5.91 Å². The molecule has 3 N–H and O–H groups in total. The smallest absolute Gasteiger partial charge is 0.335 e. The number of aromatic carboxylic acids is 1. The summed E-state index contributed by atoms with van der Waals surface area (Å²) in [6.45, 7) is 0. The summed E-state index contributed by atoms with van der Waals surface area (Å²) in [6, 6.07) is 20.3. The summed E-state index contributed by atoms with van der Waals surface area (Å²) < 4.78 is 0. The quantitative estimate of drug-likeness (QED) is 0.442. The second-order valence-electron chi connectivity index (χ2n) is 8.35. The third-order valence-electron chi connectivity index (χ3n) is 6.06. The van der Waals surface area contributed by atoms with E-state index in [1.165, 1.54) is 0 Å². The van der Waals surface area contributed by atoms with E-state index in [4.69, 9.17) is 11.6 Å². The molecular weight excluding hydrogens is 452 g/mol. The van der Waals surface area contributed by atoms with Crippen molar-refractivity contribution < 1.29 is 19.5 Å². The molecule has 0 bridgehead atoms. The van der Waals surface area contributed by atoms with Gasteiger partial charge < -0.3 is 15.7 Å². The molecule has 0 fully saturated rings. The van der Waals surface area contributed by atoms with Gasteiger partial charge in [-0.1, -0.05) is 60.1 Å². The number of fused-ring (bicyclic) bond motifs is 1. The van der Waals surface area contributed by atoms with Crippen LogP contribution in [0.15, 0.2) is 72.8 Å². The lowest BCUT2D eigenvalue weighted by atomic mass is 9.86. The molecule has 6 nitrogen and oxygen atoms in total. The van der Waals surface area contributed by atoms with Crippen molar-refractivity contribution in [1.29, 1.82) is 0 Å². The first-order valence-corrected chi connectivity index (χ1v) is 11.6. The topological polar surface area (TPSA) is 95.5 Å². The molecular formula is C27H25ClN2O4. The summed E-state index contributed by atoms with van der Waals surface area (Å²) in [5.41, 5.74) is 3.24. The van der Waals surface area contributed by atoms with Crippen LogP contribution >= 0.6 is 11.6 Å². The number of aryl methyl sites for hydroxylation is 1. The van der Waals surface area contributed by atoms with E-state index in [1.54, 1.807) is 36.4 Å². The van der Waals surface area contributed by atoms with Gasteiger partial charge in [0.1, 0.15) is 0 Å². The number of carboxylic acids is 1. The molecule has 2 amide bonds. The third-order valence-corrected chi connectivity index (χ3v) is 6.39. The van der Waals surface area contributed by atoms with Crippen molar-refractivity contribution in [3.8, 4) is 0 Å². The first kappa shape index (κ1) is 23.5. The molecule has 1 aliphatic carbocycles. The van der Waals surface area contributed by atoms with Gasteiger partial charge in [0.05, 0.1) is 34.7 Å². The van der Waals surface area contributed by atoms with E-state index < -0.39 is 12.0 Å². The first-order valence-electron chi connectivity index (χ1n) is 11.2. The van der Waals surface area contributed by atoms with Gasteiger partial charge in [0.15, 0.2) is 0 Å². The fourth-order valence-corrected chi connectivity index (χ4v) is 4.56. The average molecular weight is 477 g/mol. The number of carbonyl (C=O) groups excluding carboxylic acids is 2. The molecule has 34 heavy (non-hydrogen) atoms. The molecule has 3 aromatic rings. The Hall–Kier alpha value is -3.64. The number of halogens is 1. The Balaban J connectivity index is 1.52. The van der Waals surface area contributed by atoms with Gasteiger partial charge in [-0.2, -0.15) is 0 Å². The lowest BCUT2D eigenvalue weighted by Crippen LogP contribution is -2.36. The summed E-state index contributed by atoms with van der Waals surface area (Å²) in [7, 11) is 0. The van der Waals surface area contributed by atoms with E-state index in [0.29, 0.717) is 10.6 Å². The second kappa shape index (κ2) is 10.5. The predicted octanol–water partition coefficient (Wildman–Crippen LogP) is 5.09. The van der Waals surface area contributed by atoms with E-state index in [-0.39, 0.29) is 29.8 Å². The predicted molar refractivity (Wildman–Crippen MR) is 130 cm³/mol. The largest absolute Gasteiger partial charge is 0.478 e. The Morgan fingerprint density at radius 3 is 2.47 bits per heavy atom. The standard InChI is InChI=1S/C27H25ClN2O4/c28-22-11-5-4-10-20(22)26(32)30-24(18-7-2-1-3-8-18)16-25(31)29-23-12-6-9-17-13-14-19(27(33)34)15-21(17)23/h1-5,7-8,10-11,13-15,23-24H,6,9,12,16H2,(H,29,31)(H,30,32)(H,33,34). The molecule has 2 atom stereocenters. The van der Waals surface area contributed by atoms with Crippen molar-refractivity contribution in [2.24, 2.45) is 0 Å². The monoisotopic (exact) mass is 476 g/mol. The van der Waals surface area contributed by atoms with Gasteiger partial charge >= 0.3 is 5.97 Å². The zero-order valence-corrected chi connectivity index (χ0v) is 19.2. The zero-order valence-electron chi connectivity index (χ0n) is 18.5. The van der Waals surface area contributed by atoms with Crippen molar-refractivity contribution in [3.63, 3.8) is 0 Å². The maximum absolute atomic E-state index is 13.1. The molecule has 4 rings (SSSR count). The van der Waals surface area contributed by atoms with Gasteiger partial charge in [0.25, 0.3) is 5.91 Å². The van der Waals surface area contributed by atoms with Crippen molar-refractivity contribution in [3.05, 3.63) is 106 Å². The minimum Gasteiger partial charge on any atom is -0.478 e. The number of benzene rings is 3. The summed E-state index contributed by atoms with van der Waals surface area (Å²) in [4.78, 5) is 37.4. The number of hydrogen-bond acceptors (Lipinski definition) is 3. The molecule has 0 aliphatic heterocycles. The molecule has 0 saturated heterocycles. The Morgan fingerprint density at radius 1 is 1.00 bits per heavy atom. The van der Waals surface area contributed by atoms with Gasteiger partial charge in [0, 0.05) is 0 Å². The Labute approximate surface area is 203 Å². The van der Waals surface area contributed by atoms with E-state index in [2.05, 4.69) is 10.6 Å². The van der Waals surface area contributed by atoms with Crippen LogP contribution in [0.3, 0.4) is 0 Å². The van der Waals surface area contributed by atoms with Crippen molar-refractivity contribution in [2.75, 3.05) is 0 Å². The highest BCUT2D eigenvalue weighted by Gasteiger charge is 2.26. The molecule has 0 spiro atoms. The highest BCUT2D eigenvalue weighted by Crippen LogP contribution is 2.31. The Kier molecular flexibility index (Phi) is 7.28. The molecule has 0 heterocycles. The van der Waals surface area contributed by atoms with Crippen LogP contribution in [0.1, 0.15) is 68.8 Å². The van der Waals surface area contributed by atoms with Crippen LogP contribution in [0.5, 0.6) is 0 Å².